The summed E-state index contributed by atoms with van der Waals surface area (Å²) in [6, 6.07) is 11.8. The van der Waals surface area contributed by atoms with Crippen LogP contribution in [0.2, 0.25) is 0 Å². The van der Waals surface area contributed by atoms with Crippen molar-refractivity contribution in [1.29, 1.82) is 0 Å². The molecule has 0 aliphatic heterocycles. The molecule has 1 heterocycles. The number of rotatable bonds is 7. The standard InChI is InChI=1S/C20H19N3O4S2/c1-27-16-8-9-17-18(13-16)29-20(22(17)11-12-28-2)21-19(24)10-5-14-3-6-15(7-4-14)23(25)26/h3-10,13H,11-12H2,1-2H3. The highest BCUT2D eigenvalue weighted by molar-refractivity contribution is 7.98. The summed E-state index contributed by atoms with van der Waals surface area (Å²) in [4.78, 5) is 27.5. The van der Waals surface area contributed by atoms with Gasteiger partial charge in [0.25, 0.3) is 11.6 Å². The molecule has 0 N–H and O–H groups in total. The topological polar surface area (TPSA) is 86.7 Å². The first-order valence-electron chi connectivity index (χ1n) is 8.69. The second-order valence-corrected chi connectivity index (χ2v) is 7.99. The molecule has 3 rings (SSSR count). The predicted molar refractivity (Wildman–Crippen MR) is 117 cm³/mol. The molecular weight excluding hydrogens is 410 g/mol. The normalized spacial score (nSPS) is 12.0. The van der Waals surface area contributed by atoms with Crippen LogP contribution in [-0.2, 0) is 11.3 Å². The van der Waals surface area contributed by atoms with E-state index in [1.54, 1.807) is 37.1 Å². The molecule has 0 radical (unpaired) electrons. The van der Waals surface area contributed by atoms with E-state index < -0.39 is 4.92 Å². The number of aryl methyl sites for hydroxylation is 1. The van der Waals surface area contributed by atoms with Crippen molar-refractivity contribution >= 4 is 51.0 Å². The summed E-state index contributed by atoms with van der Waals surface area (Å²) in [7, 11) is 1.62. The molecule has 9 heteroatoms. The summed E-state index contributed by atoms with van der Waals surface area (Å²) in [6.45, 7) is 0.742. The van der Waals surface area contributed by atoms with Crippen molar-refractivity contribution in [1.82, 2.24) is 4.57 Å². The van der Waals surface area contributed by atoms with Crippen molar-refractivity contribution in [3.05, 3.63) is 69.0 Å². The maximum atomic E-state index is 12.4. The molecule has 7 nitrogen and oxygen atoms in total. The Morgan fingerprint density at radius 1 is 1.31 bits per heavy atom. The van der Waals surface area contributed by atoms with Gasteiger partial charge in [0.05, 0.1) is 22.2 Å². The Bertz CT molecular complexity index is 1130. The van der Waals surface area contributed by atoms with Crippen LogP contribution < -0.4 is 9.54 Å². The van der Waals surface area contributed by atoms with Gasteiger partial charge in [-0.1, -0.05) is 11.3 Å². The zero-order valence-corrected chi connectivity index (χ0v) is 17.5. The molecule has 29 heavy (non-hydrogen) atoms. The zero-order valence-electron chi connectivity index (χ0n) is 15.9. The largest absolute Gasteiger partial charge is 0.497 e. The average molecular weight is 430 g/mol. The minimum absolute atomic E-state index is 0.00806. The third kappa shape index (κ3) is 5.12. The van der Waals surface area contributed by atoms with Crippen LogP contribution in [-0.4, -0.2) is 34.5 Å². The Morgan fingerprint density at radius 3 is 2.72 bits per heavy atom. The van der Waals surface area contributed by atoms with Crippen LogP contribution in [0.15, 0.2) is 53.5 Å². The monoisotopic (exact) mass is 429 g/mol. The van der Waals surface area contributed by atoms with Gasteiger partial charge in [-0.05, 0) is 48.2 Å². The van der Waals surface area contributed by atoms with Crippen molar-refractivity contribution in [2.24, 2.45) is 4.99 Å². The number of fused-ring (bicyclic) bond motifs is 1. The lowest BCUT2D eigenvalue weighted by Crippen LogP contribution is -2.17. The second-order valence-electron chi connectivity index (χ2n) is 5.99. The molecule has 0 atom stereocenters. The Labute approximate surface area is 175 Å². The number of thioether (sulfide) groups is 1. The van der Waals surface area contributed by atoms with Gasteiger partial charge in [-0.15, -0.1) is 0 Å². The van der Waals surface area contributed by atoms with Crippen molar-refractivity contribution < 1.29 is 14.5 Å². The minimum atomic E-state index is -0.461. The Hall–Kier alpha value is -2.91. The van der Waals surface area contributed by atoms with Crippen LogP contribution in [0.1, 0.15) is 5.56 Å². The van der Waals surface area contributed by atoms with Gasteiger partial charge in [0.2, 0.25) is 0 Å². The lowest BCUT2D eigenvalue weighted by Gasteiger charge is -2.04. The van der Waals surface area contributed by atoms with Crippen molar-refractivity contribution in [2.45, 2.75) is 6.54 Å². The molecule has 0 saturated carbocycles. The van der Waals surface area contributed by atoms with Crippen LogP contribution in [0, 0.1) is 10.1 Å². The Morgan fingerprint density at radius 2 is 2.07 bits per heavy atom. The summed E-state index contributed by atoms with van der Waals surface area (Å²) in [5, 5.41) is 10.7. The van der Waals surface area contributed by atoms with Gasteiger partial charge in [0.15, 0.2) is 4.80 Å². The first kappa shape index (κ1) is 20.8. The summed E-state index contributed by atoms with van der Waals surface area (Å²) in [5.74, 6) is 1.27. The molecular formula is C20H19N3O4S2. The number of carbonyl (C=O) groups excluding carboxylic acids is 1. The van der Waals surface area contributed by atoms with E-state index >= 15 is 0 Å². The van der Waals surface area contributed by atoms with Crippen LogP contribution in [0.3, 0.4) is 0 Å². The predicted octanol–water partition coefficient (Wildman–Crippen LogP) is 4.12. The van der Waals surface area contributed by atoms with E-state index in [-0.39, 0.29) is 11.6 Å². The van der Waals surface area contributed by atoms with Gasteiger partial charge in [0.1, 0.15) is 5.75 Å². The van der Waals surface area contributed by atoms with Crippen molar-refractivity contribution in [2.75, 3.05) is 19.1 Å². The third-order valence-corrected chi connectivity index (χ3v) is 5.77. The maximum absolute atomic E-state index is 12.4. The number of ether oxygens (including phenoxy) is 1. The number of benzene rings is 2. The third-order valence-electron chi connectivity index (χ3n) is 4.14. The summed E-state index contributed by atoms with van der Waals surface area (Å²) >= 11 is 3.16. The fourth-order valence-electron chi connectivity index (χ4n) is 2.67. The van der Waals surface area contributed by atoms with E-state index in [0.29, 0.717) is 10.4 Å². The molecule has 1 amide bonds. The molecule has 0 unspecified atom stereocenters. The van der Waals surface area contributed by atoms with E-state index in [0.717, 1.165) is 28.3 Å². The molecule has 0 fully saturated rings. The van der Waals surface area contributed by atoms with Crippen molar-refractivity contribution in [3.63, 3.8) is 0 Å². The van der Waals surface area contributed by atoms with E-state index in [1.807, 2.05) is 29.0 Å². The molecule has 0 spiro atoms. The molecule has 1 aromatic heterocycles. The highest BCUT2D eigenvalue weighted by Gasteiger charge is 2.08. The van der Waals surface area contributed by atoms with E-state index in [9.17, 15) is 14.9 Å². The molecule has 150 valence electrons. The lowest BCUT2D eigenvalue weighted by molar-refractivity contribution is -0.384. The number of hydrogen-bond acceptors (Lipinski definition) is 6. The van der Waals surface area contributed by atoms with E-state index in [4.69, 9.17) is 4.74 Å². The number of nitro benzene ring substituents is 1. The molecule has 3 aromatic rings. The highest BCUT2D eigenvalue weighted by atomic mass is 32.2. The van der Waals surface area contributed by atoms with Crippen LogP contribution in [0.25, 0.3) is 16.3 Å². The second kappa shape index (κ2) is 9.53. The summed E-state index contributed by atoms with van der Waals surface area (Å²) < 4.78 is 8.32. The molecule has 0 bridgehead atoms. The first-order valence-corrected chi connectivity index (χ1v) is 10.9. The number of thiazole rings is 1. The van der Waals surface area contributed by atoms with Crippen molar-refractivity contribution in [3.8, 4) is 5.75 Å². The van der Waals surface area contributed by atoms with Crippen LogP contribution >= 0.6 is 23.1 Å². The number of carbonyl (C=O) groups is 1. The number of methoxy groups -OCH3 is 1. The Kier molecular flexibility index (Phi) is 6.84. The van der Waals surface area contributed by atoms with Gasteiger partial charge in [-0.3, -0.25) is 14.9 Å². The quantitative estimate of drug-likeness (QED) is 0.320. The fraction of sp³-hybridized carbons (Fsp3) is 0.200. The van der Waals surface area contributed by atoms with Crippen LogP contribution in [0.5, 0.6) is 5.75 Å². The summed E-state index contributed by atoms with van der Waals surface area (Å²) in [5.41, 5.74) is 1.71. The SMILES string of the molecule is COc1ccc2c(c1)sc(=NC(=O)C=Cc1ccc([N+](=O)[O-])cc1)n2CCSC. The number of nitro groups is 1. The van der Waals surface area contributed by atoms with Gasteiger partial charge in [0, 0.05) is 30.5 Å². The van der Waals surface area contributed by atoms with Gasteiger partial charge < -0.3 is 9.30 Å². The highest BCUT2D eigenvalue weighted by Crippen LogP contribution is 2.23. The minimum Gasteiger partial charge on any atom is -0.497 e. The lowest BCUT2D eigenvalue weighted by atomic mass is 10.2. The van der Waals surface area contributed by atoms with Gasteiger partial charge in [-0.25, -0.2) is 0 Å². The van der Waals surface area contributed by atoms with E-state index in [1.165, 1.54) is 29.5 Å². The average Bonchev–Trinajstić information content (AvgIpc) is 3.06. The molecule has 0 aliphatic rings. The number of non-ortho nitro benzene ring substituents is 1. The number of hydrogen-bond donors (Lipinski definition) is 0. The van der Waals surface area contributed by atoms with Crippen LogP contribution in [0.4, 0.5) is 5.69 Å². The maximum Gasteiger partial charge on any atom is 0.272 e. The zero-order chi connectivity index (χ0) is 20.8. The smallest absolute Gasteiger partial charge is 0.272 e. The summed E-state index contributed by atoms with van der Waals surface area (Å²) in [6.07, 6.45) is 5.00. The fourth-order valence-corrected chi connectivity index (χ4v) is 4.13. The number of aromatic nitrogens is 1. The van der Waals surface area contributed by atoms with E-state index in [2.05, 4.69) is 4.99 Å². The Balaban J connectivity index is 1.90. The molecule has 0 saturated heterocycles. The number of nitrogens with zero attached hydrogens (tertiary/aromatic N) is 3. The van der Waals surface area contributed by atoms with Gasteiger partial charge >= 0.3 is 0 Å². The molecule has 2 aromatic carbocycles. The number of amides is 1. The first-order chi connectivity index (χ1) is 14.0. The van der Waals surface area contributed by atoms with Gasteiger partial charge in [-0.2, -0.15) is 16.8 Å². The molecule has 0 aliphatic carbocycles.